The highest BCUT2D eigenvalue weighted by Crippen LogP contribution is 2.51. The summed E-state index contributed by atoms with van der Waals surface area (Å²) in [5, 5.41) is 7.98. The van der Waals surface area contributed by atoms with Gasteiger partial charge in [0, 0.05) is 27.8 Å². The van der Waals surface area contributed by atoms with Gasteiger partial charge in [0.05, 0.1) is 0 Å². The summed E-state index contributed by atoms with van der Waals surface area (Å²) in [6, 6.07) is 50.4. The SMILES string of the molecule is Fc1c2ccccc2c(-c2ccc3c(c2)OC2C(c4c5ccccc5c(-c5ccccc5)c5ccccc45)=CC=CC32)c2ccccc12. The summed E-state index contributed by atoms with van der Waals surface area (Å²) < 4.78 is 22.7. The van der Waals surface area contributed by atoms with E-state index >= 15 is 4.39 Å². The predicted molar refractivity (Wildman–Crippen MR) is 198 cm³/mol. The molecular formula is C46H29FO. The van der Waals surface area contributed by atoms with Gasteiger partial charge in [0.25, 0.3) is 0 Å². The lowest BCUT2D eigenvalue weighted by Crippen LogP contribution is -2.21. The first-order valence-corrected chi connectivity index (χ1v) is 16.5. The Balaban J connectivity index is 1.15. The van der Waals surface area contributed by atoms with Crippen LogP contribution in [0.4, 0.5) is 4.39 Å². The molecule has 48 heavy (non-hydrogen) atoms. The van der Waals surface area contributed by atoms with Gasteiger partial charge >= 0.3 is 0 Å². The van der Waals surface area contributed by atoms with Crippen molar-refractivity contribution in [2.24, 2.45) is 0 Å². The van der Waals surface area contributed by atoms with Gasteiger partial charge in [-0.15, -0.1) is 0 Å². The minimum atomic E-state index is -0.175. The average Bonchev–Trinajstić information content (AvgIpc) is 3.53. The van der Waals surface area contributed by atoms with E-state index in [1.54, 1.807) is 0 Å². The topological polar surface area (TPSA) is 9.23 Å². The molecule has 2 unspecified atom stereocenters. The molecule has 8 aromatic rings. The number of allylic oxidation sites excluding steroid dienone is 2. The molecular weight excluding hydrogens is 588 g/mol. The van der Waals surface area contributed by atoms with E-state index in [0.717, 1.165) is 27.6 Å². The number of halogens is 1. The molecule has 0 saturated heterocycles. The Morgan fingerprint density at radius 3 is 1.52 bits per heavy atom. The Labute approximate surface area is 277 Å². The Morgan fingerprint density at radius 2 is 0.938 bits per heavy atom. The van der Waals surface area contributed by atoms with Crippen LogP contribution in [-0.2, 0) is 0 Å². The molecule has 0 amide bonds. The second-order valence-electron chi connectivity index (χ2n) is 12.8. The number of fused-ring (bicyclic) bond motifs is 7. The maximum Gasteiger partial charge on any atom is 0.138 e. The second kappa shape index (κ2) is 10.5. The summed E-state index contributed by atoms with van der Waals surface area (Å²) in [7, 11) is 0. The predicted octanol–water partition coefficient (Wildman–Crippen LogP) is 12.3. The Hall–Kier alpha value is -5.99. The van der Waals surface area contributed by atoms with Crippen LogP contribution in [0, 0.1) is 5.82 Å². The lowest BCUT2D eigenvalue weighted by molar-refractivity contribution is 0.278. The molecule has 1 aliphatic carbocycles. The molecule has 2 atom stereocenters. The van der Waals surface area contributed by atoms with Gasteiger partial charge in [-0.3, -0.25) is 0 Å². The average molecular weight is 617 g/mol. The fourth-order valence-electron chi connectivity index (χ4n) is 8.24. The van der Waals surface area contributed by atoms with Crippen LogP contribution in [0.5, 0.6) is 5.75 Å². The smallest absolute Gasteiger partial charge is 0.138 e. The van der Waals surface area contributed by atoms with E-state index in [4.69, 9.17) is 4.74 Å². The highest BCUT2D eigenvalue weighted by atomic mass is 19.1. The Bertz CT molecular complexity index is 2550. The van der Waals surface area contributed by atoms with Gasteiger partial charge in [-0.05, 0) is 66.2 Å². The van der Waals surface area contributed by atoms with Crippen molar-refractivity contribution in [1.29, 1.82) is 0 Å². The molecule has 1 aliphatic heterocycles. The van der Waals surface area contributed by atoms with Crippen molar-refractivity contribution in [3.63, 3.8) is 0 Å². The molecule has 1 heterocycles. The zero-order valence-electron chi connectivity index (χ0n) is 26.0. The monoisotopic (exact) mass is 616 g/mol. The molecule has 2 heteroatoms. The van der Waals surface area contributed by atoms with Crippen molar-refractivity contribution in [3.8, 4) is 28.0 Å². The van der Waals surface area contributed by atoms with E-state index in [9.17, 15) is 0 Å². The molecule has 0 fully saturated rings. The van der Waals surface area contributed by atoms with E-state index in [0.29, 0.717) is 10.8 Å². The van der Waals surface area contributed by atoms with Gasteiger partial charge in [0.2, 0.25) is 0 Å². The quantitative estimate of drug-likeness (QED) is 0.180. The van der Waals surface area contributed by atoms with Gasteiger partial charge in [0.1, 0.15) is 17.7 Å². The molecule has 0 aromatic heterocycles. The minimum absolute atomic E-state index is 0.0853. The van der Waals surface area contributed by atoms with Crippen LogP contribution in [0.1, 0.15) is 17.0 Å². The summed E-state index contributed by atoms with van der Waals surface area (Å²) in [6.07, 6.45) is 6.53. The lowest BCUT2D eigenvalue weighted by Gasteiger charge is -2.26. The zero-order chi connectivity index (χ0) is 31.8. The third kappa shape index (κ3) is 3.90. The van der Waals surface area contributed by atoms with Crippen molar-refractivity contribution < 1.29 is 9.13 Å². The molecule has 226 valence electrons. The molecule has 10 rings (SSSR count). The van der Waals surface area contributed by atoms with E-state index in [-0.39, 0.29) is 17.8 Å². The van der Waals surface area contributed by atoms with E-state index < -0.39 is 0 Å². The molecule has 0 spiro atoms. The fraction of sp³-hybridized carbons (Fsp3) is 0.0435. The molecule has 0 N–H and O–H groups in total. The molecule has 0 saturated carbocycles. The third-order valence-electron chi connectivity index (χ3n) is 10.3. The lowest BCUT2D eigenvalue weighted by atomic mass is 9.79. The first-order chi connectivity index (χ1) is 23.8. The van der Waals surface area contributed by atoms with Gasteiger partial charge in [-0.1, -0.05) is 158 Å². The maximum atomic E-state index is 15.7. The van der Waals surface area contributed by atoms with Crippen LogP contribution in [-0.4, -0.2) is 6.10 Å². The minimum Gasteiger partial charge on any atom is -0.484 e. The maximum absolute atomic E-state index is 15.7. The van der Waals surface area contributed by atoms with E-state index in [2.05, 4.69) is 115 Å². The number of hydrogen-bond donors (Lipinski definition) is 0. The number of rotatable bonds is 3. The largest absolute Gasteiger partial charge is 0.484 e. The van der Waals surface area contributed by atoms with Gasteiger partial charge in [-0.25, -0.2) is 4.39 Å². The number of hydrogen-bond acceptors (Lipinski definition) is 1. The highest BCUT2D eigenvalue weighted by molar-refractivity contribution is 6.19. The summed E-state index contributed by atoms with van der Waals surface area (Å²) in [5.41, 5.74) is 8.11. The van der Waals surface area contributed by atoms with Crippen LogP contribution in [0.3, 0.4) is 0 Å². The third-order valence-corrected chi connectivity index (χ3v) is 10.3. The molecule has 0 bridgehead atoms. The van der Waals surface area contributed by atoms with Crippen molar-refractivity contribution >= 4 is 48.7 Å². The fourth-order valence-corrected chi connectivity index (χ4v) is 8.24. The van der Waals surface area contributed by atoms with Crippen molar-refractivity contribution in [2.45, 2.75) is 12.0 Å². The first kappa shape index (κ1) is 27.2. The zero-order valence-corrected chi connectivity index (χ0v) is 26.0. The Morgan fingerprint density at radius 1 is 0.458 bits per heavy atom. The molecule has 8 aromatic carbocycles. The summed E-state index contributed by atoms with van der Waals surface area (Å²) in [5.74, 6) is 0.792. The van der Waals surface area contributed by atoms with Crippen molar-refractivity contribution in [2.75, 3.05) is 0 Å². The van der Waals surface area contributed by atoms with Gasteiger partial charge < -0.3 is 4.74 Å². The van der Waals surface area contributed by atoms with Crippen LogP contribution >= 0.6 is 0 Å². The molecule has 1 nitrogen and oxygen atoms in total. The van der Waals surface area contributed by atoms with Crippen LogP contribution in [0.2, 0.25) is 0 Å². The van der Waals surface area contributed by atoms with Crippen molar-refractivity contribution in [1.82, 2.24) is 0 Å². The summed E-state index contributed by atoms with van der Waals surface area (Å²) in [4.78, 5) is 0. The Kier molecular flexibility index (Phi) is 5.95. The second-order valence-corrected chi connectivity index (χ2v) is 12.8. The van der Waals surface area contributed by atoms with E-state index in [1.165, 1.54) is 49.4 Å². The highest BCUT2D eigenvalue weighted by Gasteiger charge is 2.38. The first-order valence-electron chi connectivity index (χ1n) is 16.5. The van der Waals surface area contributed by atoms with E-state index in [1.807, 2.05) is 48.5 Å². The number of benzene rings is 8. The van der Waals surface area contributed by atoms with Crippen LogP contribution in [0.15, 0.2) is 164 Å². The van der Waals surface area contributed by atoms with Crippen LogP contribution in [0.25, 0.3) is 70.9 Å². The van der Waals surface area contributed by atoms with Crippen LogP contribution < -0.4 is 4.74 Å². The van der Waals surface area contributed by atoms with Crippen molar-refractivity contribution in [3.05, 3.63) is 181 Å². The summed E-state index contributed by atoms with van der Waals surface area (Å²) in [6.45, 7) is 0. The summed E-state index contributed by atoms with van der Waals surface area (Å²) >= 11 is 0. The van der Waals surface area contributed by atoms with Gasteiger partial charge in [-0.2, -0.15) is 0 Å². The van der Waals surface area contributed by atoms with Gasteiger partial charge in [0.15, 0.2) is 0 Å². The number of ether oxygens (including phenoxy) is 1. The molecule has 2 aliphatic rings. The normalized spacial score (nSPS) is 16.6. The molecule has 0 radical (unpaired) electrons. The standard InChI is InChI=1S/C46H29FO/c47-45-37-21-10-8-19-35(37)43(36-20-9-11-22-38(36)45)29-25-26-30-39-23-12-24-40(46(39)48-41(30)27-29)44-33-17-6-4-15-31(33)42(28-13-2-1-3-14-28)32-16-5-7-18-34(32)44/h1-27,39,46H.